The van der Waals surface area contributed by atoms with E-state index in [9.17, 15) is 4.79 Å². The molecular weight excluding hydrogens is 308 g/mol. The monoisotopic (exact) mass is 326 g/mol. The third kappa shape index (κ3) is 3.78. The summed E-state index contributed by atoms with van der Waals surface area (Å²) < 4.78 is 1.14. The molecule has 0 aromatic heterocycles. The van der Waals surface area contributed by atoms with E-state index in [1.54, 1.807) is 6.92 Å². The molecule has 4 nitrogen and oxygen atoms in total. The van der Waals surface area contributed by atoms with Gasteiger partial charge in [0.1, 0.15) is 6.04 Å². The molecule has 0 spiro atoms. The fourth-order valence-corrected chi connectivity index (χ4v) is 2.74. The maximum atomic E-state index is 11.0. The number of nitrogens with zero attached hydrogens (tertiary/aromatic N) is 2. The summed E-state index contributed by atoms with van der Waals surface area (Å²) >= 11 is 3.56. The van der Waals surface area contributed by atoms with Gasteiger partial charge in [0.2, 0.25) is 0 Å². The number of aliphatic carboxylic acids is 1. The fourth-order valence-electron chi connectivity index (χ4n) is 2.33. The highest BCUT2D eigenvalue weighted by atomic mass is 79.9. The van der Waals surface area contributed by atoms with Crippen LogP contribution in [0.2, 0.25) is 0 Å². The van der Waals surface area contributed by atoms with Crippen molar-refractivity contribution in [1.82, 2.24) is 9.80 Å². The van der Waals surface area contributed by atoms with Crippen LogP contribution in [-0.4, -0.2) is 53.1 Å². The Kier molecular flexibility index (Phi) is 4.96. The standard InChI is InChI=1S/C14H19BrN2O2/c1-11(14(18)19)17-8-6-16(7-9-17)10-12-4-2-3-5-13(12)15/h2-5,11H,6-10H2,1H3,(H,18,19). The molecule has 1 aliphatic heterocycles. The van der Waals surface area contributed by atoms with E-state index in [0.29, 0.717) is 0 Å². The maximum Gasteiger partial charge on any atom is 0.320 e. The molecule has 1 aliphatic rings. The van der Waals surface area contributed by atoms with Crippen LogP contribution >= 0.6 is 15.9 Å². The van der Waals surface area contributed by atoms with Crippen molar-refractivity contribution in [3.05, 3.63) is 34.3 Å². The summed E-state index contributed by atoms with van der Waals surface area (Å²) in [6.07, 6.45) is 0. The lowest BCUT2D eigenvalue weighted by Crippen LogP contribution is -2.51. The molecule has 5 heteroatoms. The largest absolute Gasteiger partial charge is 0.480 e. The van der Waals surface area contributed by atoms with Crippen molar-refractivity contribution in [2.75, 3.05) is 26.2 Å². The second kappa shape index (κ2) is 6.50. The first-order valence-electron chi connectivity index (χ1n) is 6.50. The second-order valence-corrected chi connectivity index (χ2v) is 5.77. The smallest absolute Gasteiger partial charge is 0.320 e. The number of carboxylic acids is 1. The Morgan fingerprint density at radius 3 is 2.53 bits per heavy atom. The lowest BCUT2D eigenvalue weighted by molar-refractivity contribution is -0.143. The van der Waals surface area contributed by atoms with Crippen LogP contribution in [0.25, 0.3) is 0 Å². The molecule has 0 bridgehead atoms. The summed E-state index contributed by atoms with van der Waals surface area (Å²) in [7, 11) is 0. The number of carbonyl (C=O) groups is 1. The van der Waals surface area contributed by atoms with Crippen LogP contribution in [0.4, 0.5) is 0 Å². The highest BCUT2D eigenvalue weighted by Crippen LogP contribution is 2.18. The zero-order valence-corrected chi connectivity index (χ0v) is 12.6. The Bertz CT molecular complexity index is 445. The zero-order valence-electron chi connectivity index (χ0n) is 11.1. The van der Waals surface area contributed by atoms with Crippen molar-refractivity contribution < 1.29 is 9.90 Å². The van der Waals surface area contributed by atoms with Gasteiger partial charge in [-0.15, -0.1) is 0 Å². The number of piperazine rings is 1. The quantitative estimate of drug-likeness (QED) is 0.919. The molecule has 0 radical (unpaired) electrons. The Labute approximate surface area is 122 Å². The van der Waals surface area contributed by atoms with Gasteiger partial charge in [-0.3, -0.25) is 14.6 Å². The van der Waals surface area contributed by atoms with Gasteiger partial charge in [0, 0.05) is 37.2 Å². The highest BCUT2D eigenvalue weighted by Gasteiger charge is 2.25. The van der Waals surface area contributed by atoms with Gasteiger partial charge in [-0.05, 0) is 18.6 Å². The number of carboxylic acid groups (broad SMARTS) is 1. The predicted octanol–water partition coefficient (Wildman–Crippen LogP) is 2.04. The molecule has 1 aromatic carbocycles. The van der Waals surface area contributed by atoms with Crippen LogP contribution in [0.3, 0.4) is 0 Å². The maximum absolute atomic E-state index is 11.0. The molecule has 0 aliphatic carbocycles. The van der Waals surface area contributed by atoms with Gasteiger partial charge in [-0.2, -0.15) is 0 Å². The molecule has 1 saturated heterocycles. The van der Waals surface area contributed by atoms with Crippen molar-refractivity contribution in [3.63, 3.8) is 0 Å². The van der Waals surface area contributed by atoms with E-state index in [1.165, 1.54) is 5.56 Å². The van der Waals surface area contributed by atoms with Gasteiger partial charge in [-0.25, -0.2) is 0 Å². The van der Waals surface area contributed by atoms with Crippen LogP contribution in [0.5, 0.6) is 0 Å². The van der Waals surface area contributed by atoms with Gasteiger partial charge in [0.15, 0.2) is 0 Å². The molecule has 1 unspecified atom stereocenters. The second-order valence-electron chi connectivity index (χ2n) is 4.92. The number of halogens is 1. The lowest BCUT2D eigenvalue weighted by atomic mass is 10.2. The Morgan fingerprint density at radius 2 is 1.95 bits per heavy atom. The van der Waals surface area contributed by atoms with Crippen LogP contribution in [0.1, 0.15) is 12.5 Å². The van der Waals surface area contributed by atoms with E-state index in [1.807, 2.05) is 17.0 Å². The number of benzene rings is 1. The number of hydrogen-bond acceptors (Lipinski definition) is 3. The first kappa shape index (κ1) is 14.5. The van der Waals surface area contributed by atoms with Crippen LogP contribution < -0.4 is 0 Å². The molecule has 1 N–H and O–H groups in total. The number of hydrogen-bond donors (Lipinski definition) is 1. The highest BCUT2D eigenvalue weighted by molar-refractivity contribution is 9.10. The summed E-state index contributed by atoms with van der Waals surface area (Å²) in [5.74, 6) is -0.737. The van der Waals surface area contributed by atoms with Gasteiger partial charge >= 0.3 is 5.97 Å². The summed E-state index contributed by atoms with van der Waals surface area (Å²) in [5.41, 5.74) is 1.28. The Balaban J connectivity index is 1.87. The van der Waals surface area contributed by atoms with Crippen molar-refractivity contribution in [2.45, 2.75) is 19.5 Å². The van der Waals surface area contributed by atoms with Crippen molar-refractivity contribution >= 4 is 21.9 Å². The Morgan fingerprint density at radius 1 is 1.32 bits per heavy atom. The molecule has 1 heterocycles. The molecule has 1 aromatic rings. The first-order valence-corrected chi connectivity index (χ1v) is 7.30. The van der Waals surface area contributed by atoms with Gasteiger partial charge in [-0.1, -0.05) is 34.1 Å². The fraction of sp³-hybridized carbons (Fsp3) is 0.500. The van der Waals surface area contributed by atoms with E-state index < -0.39 is 5.97 Å². The molecule has 0 amide bonds. The molecular formula is C14H19BrN2O2. The van der Waals surface area contributed by atoms with Crippen molar-refractivity contribution in [3.8, 4) is 0 Å². The third-order valence-electron chi connectivity index (χ3n) is 3.66. The van der Waals surface area contributed by atoms with Crippen LogP contribution in [-0.2, 0) is 11.3 Å². The molecule has 104 valence electrons. The minimum Gasteiger partial charge on any atom is -0.480 e. The molecule has 2 rings (SSSR count). The minimum atomic E-state index is -0.737. The summed E-state index contributed by atoms with van der Waals surface area (Å²) in [6.45, 7) is 6.14. The van der Waals surface area contributed by atoms with Gasteiger partial charge in [0.25, 0.3) is 0 Å². The molecule has 0 saturated carbocycles. The average Bonchev–Trinajstić information content (AvgIpc) is 2.41. The summed E-state index contributed by atoms with van der Waals surface area (Å²) in [5, 5.41) is 9.01. The summed E-state index contributed by atoms with van der Waals surface area (Å²) in [4.78, 5) is 15.3. The zero-order chi connectivity index (χ0) is 13.8. The van der Waals surface area contributed by atoms with E-state index in [4.69, 9.17) is 5.11 Å². The topological polar surface area (TPSA) is 43.8 Å². The third-order valence-corrected chi connectivity index (χ3v) is 4.44. The van der Waals surface area contributed by atoms with Gasteiger partial charge in [0.05, 0.1) is 0 Å². The summed E-state index contributed by atoms with van der Waals surface area (Å²) in [6, 6.07) is 7.85. The number of rotatable bonds is 4. The first-order chi connectivity index (χ1) is 9.08. The SMILES string of the molecule is CC(C(=O)O)N1CCN(Cc2ccccc2Br)CC1. The van der Waals surface area contributed by atoms with E-state index in [0.717, 1.165) is 37.2 Å². The molecule has 1 atom stereocenters. The normalized spacial score (nSPS) is 19.3. The van der Waals surface area contributed by atoms with E-state index in [-0.39, 0.29) is 6.04 Å². The molecule has 1 fully saturated rings. The molecule has 19 heavy (non-hydrogen) atoms. The van der Waals surface area contributed by atoms with Crippen molar-refractivity contribution in [2.24, 2.45) is 0 Å². The van der Waals surface area contributed by atoms with E-state index >= 15 is 0 Å². The minimum absolute atomic E-state index is 0.384. The Hall–Kier alpha value is -0.910. The predicted molar refractivity (Wildman–Crippen MR) is 78.1 cm³/mol. The van der Waals surface area contributed by atoms with Crippen LogP contribution in [0, 0.1) is 0 Å². The average molecular weight is 327 g/mol. The van der Waals surface area contributed by atoms with E-state index in [2.05, 4.69) is 33.0 Å². The van der Waals surface area contributed by atoms with Crippen molar-refractivity contribution in [1.29, 1.82) is 0 Å². The lowest BCUT2D eigenvalue weighted by Gasteiger charge is -2.36. The van der Waals surface area contributed by atoms with Gasteiger partial charge < -0.3 is 5.11 Å². The van der Waals surface area contributed by atoms with Crippen LogP contribution in [0.15, 0.2) is 28.7 Å².